The van der Waals surface area contributed by atoms with Crippen LogP contribution in [0.4, 0.5) is 13.6 Å². The topological polar surface area (TPSA) is 60.8 Å². The first-order valence-corrected chi connectivity index (χ1v) is 2.97. The van der Waals surface area contributed by atoms with Gasteiger partial charge < -0.3 is 10.2 Å². The van der Waals surface area contributed by atoms with Gasteiger partial charge in [0.1, 0.15) is 6.04 Å². The van der Waals surface area contributed by atoms with E-state index >= 15 is 0 Å². The maximum absolute atomic E-state index is 12.3. The number of halogens is 2. The van der Waals surface area contributed by atoms with E-state index in [0.717, 1.165) is 0 Å². The van der Waals surface area contributed by atoms with Gasteiger partial charge >= 0.3 is 6.09 Å². The number of rotatable bonds is 1. The van der Waals surface area contributed by atoms with Crippen molar-refractivity contribution in [3.63, 3.8) is 0 Å². The third-order valence-electron chi connectivity index (χ3n) is 1.66. The summed E-state index contributed by atoms with van der Waals surface area (Å²) >= 11 is 0. The highest BCUT2D eigenvalue weighted by Crippen LogP contribution is 2.34. The Bertz CT molecular complexity index is 185. The molecule has 1 fully saturated rings. The number of likely N-dealkylation sites (tertiary alicyclic amines) is 1. The number of nitrogens with zero attached hydrogens (tertiary/aromatic N) is 1. The zero-order chi connectivity index (χ0) is 8.65. The lowest BCUT2D eigenvalue weighted by atomic mass is 10.0. The summed E-state index contributed by atoms with van der Waals surface area (Å²) in [5.74, 6) is -3.06. The van der Waals surface area contributed by atoms with E-state index in [1.807, 2.05) is 0 Å². The molecule has 0 bridgehead atoms. The molecular weight excluding hydrogens is 160 g/mol. The Balaban J connectivity index is 2.60. The molecule has 4 nitrogen and oxygen atoms in total. The second kappa shape index (κ2) is 2.30. The molecule has 6 heteroatoms. The molecule has 64 valence electrons. The van der Waals surface area contributed by atoms with E-state index in [2.05, 4.69) is 0 Å². The summed E-state index contributed by atoms with van der Waals surface area (Å²) in [5, 5.41) is 16.6. The number of hydrogen-bond acceptors (Lipinski definition) is 2. The van der Waals surface area contributed by atoms with Crippen LogP contribution in [-0.2, 0) is 0 Å². The third kappa shape index (κ3) is 1.13. The first-order valence-electron chi connectivity index (χ1n) is 2.97. The lowest BCUT2D eigenvalue weighted by molar-refractivity contribution is -0.179. The molecule has 0 aromatic carbocycles. The number of alkyl halides is 2. The Morgan fingerprint density at radius 3 is 2.45 bits per heavy atom. The van der Waals surface area contributed by atoms with E-state index in [1.54, 1.807) is 0 Å². The average Bonchev–Trinajstić information content (AvgIpc) is 1.84. The molecule has 0 saturated carbocycles. The summed E-state index contributed by atoms with van der Waals surface area (Å²) in [5.41, 5.74) is 0. The van der Waals surface area contributed by atoms with Crippen LogP contribution in [0.3, 0.4) is 0 Å². The van der Waals surface area contributed by atoms with Crippen molar-refractivity contribution in [3.8, 4) is 0 Å². The summed E-state index contributed by atoms with van der Waals surface area (Å²) in [6.45, 7) is -1.65. The number of aliphatic hydroxyl groups is 1. The van der Waals surface area contributed by atoms with Crippen LogP contribution in [0.15, 0.2) is 0 Å². The van der Waals surface area contributed by atoms with E-state index < -0.39 is 31.2 Å². The van der Waals surface area contributed by atoms with Crippen LogP contribution >= 0.6 is 0 Å². The summed E-state index contributed by atoms with van der Waals surface area (Å²) < 4.78 is 24.7. The molecule has 1 atom stereocenters. The highest BCUT2D eigenvalue weighted by molar-refractivity contribution is 5.67. The van der Waals surface area contributed by atoms with Crippen molar-refractivity contribution in [1.82, 2.24) is 4.90 Å². The fourth-order valence-corrected chi connectivity index (χ4v) is 0.991. The minimum atomic E-state index is -3.06. The number of hydrogen-bond donors (Lipinski definition) is 2. The number of aliphatic hydroxyl groups excluding tert-OH is 1. The Morgan fingerprint density at radius 1 is 1.73 bits per heavy atom. The van der Waals surface area contributed by atoms with Gasteiger partial charge in [-0.05, 0) is 0 Å². The maximum Gasteiger partial charge on any atom is 0.408 e. The van der Waals surface area contributed by atoms with Crippen LogP contribution < -0.4 is 0 Å². The van der Waals surface area contributed by atoms with Crippen LogP contribution in [0.1, 0.15) is 0 Å². The van der Waals surface area contributed by atoms with E-state index in [4.69, 9.17) is 10.2 Å². The van der Waals surface area contributed by atoms with Crippen molar-refractivity contribution >= 4 is 6.09 Å². The van der Waals surface area contributed by atoms with E-state index in [-0.39, 0.29) is 0 Å². The number of carboxylic acid groups (broad SMARTS) is 1. The van der Waals surface area contributed by atoms with Crippen LogP contribution in [0.2, 0.25) is 0 Å². The van der Waals surface area contributed by atoms with Crippen molar-refractivity contribution in [2.24, 2.45) is 0 Å². The Kier molecular flexibility index (Phi) is 1.71. The molecule has 0 unspecified atom stereocenters. The van der Waals surface area contributed by atoms with E-state index in [9.17, 15) is 13.6 Å². The van der Waals surface area contributed by atoms with Crippen molar-refractivity contribution in [2.75, 3.05) is 13.2 Å². The standard InChI is InChI=1S/C5H7F2NO3/c6-5(7)2-8(4(10)11)3(5)1-9/h3,9H,1-2H2,(H,10,11)/t3-/m1/s1. The Hall–Kier alpha value is -0.910. The van der Waals surface area contributed by atoms with Gasteiger partial charge in [0, 0.05) is 0 Å². The van der Waals surface area contributed by atoms with Gasteiger partial charge in [0.15, 0.2) is 0 Å². The van der Waals surface area contributed by atoms with Crippen molar-refractivity contribution in [1.29, 1.82) is 0 Å². The van der Waals surface area contributed by atoms with Crippen LogP contribution in [0.5, 0.6) is 0 Å². The van der Waals surface area contributed by atoms with Gasteiger partial charge in [-0.25, -0.2) is 13.6 Å². The van der Waals surface area contributed by atoms with Crippen LogP contribution in [0, 0.1) is 0 Å². The van der Waals surface area contributed by atoms with Gasteiger partial charge in [0.25, 0.3) is 5.92 Å². The van der Waals surface area contributed by atoms with Gasteiger partial charge in [-0.15, -0.1) is 0 Å². The highest BCUT2D eigenvalue weighted by atomic mass is 19.3. The molecule has 0 aromatic heterocycles. The number of carbonyl (C=O) groups is 1. The predicted octanol–water partition coefficient (Wildman–Crippen LogP) is -0.0238. The van der Waals surface area contributed by atoms with Crippen molar-refractivity contribution < 1.29 is 23.8 Å². The molecule has 1 saturated heterocycles. The zero-order valence-electron chi connectivity index (χ0n) is 5.50. The molecular formula is C5H7F2NO3. The van der Waals surface area contributed by atoms with Gasteiger partial charge in [0.2, 0.25) is 0 Å². The maximum atomic E-state index is 12.3. The fraction of sp³-hybridized carbons (Fsp3) is 0.800. The van der Waals surface area contributed by atoms with E-state index in [0.29, 0.717) is 4.90 Å². The predicted molar refractivity (Wildman–Crippen MR) is 30.6 cm³/mol. The SMILES string of the molecule is O=C(O)N1CC(F)(F)[C@H]1CO. The van der Waals surface area contributed by atoms with Crippen LogP contribution in [0.25, 0.3) is 0 Å². The van der Waals surface area contributed by atoms with Gasteiger partial charge in [0.05, 0.1) is 13.2 Å². The first kappa shape index (κ1) is 8.19. The quantitative estimate of drug-likeness (QED) is 0.576. The summed E-state index contributed by atoms with van der Waals surface area (Å²) in [4.78, 5) is 10.6. The second-order valence-corrected chi connectivity index (χ2v) is 2.37. The molecule has 2 N–H and O–H groups in total. The van der Waals surface area contributed by atoms with Crippen molar-refractivity contribution in [3.05, 3.63) is 0 Å². The normalized spacial score (nSPS) is 27.9. The molecule has 1 rings (SSSR count). The monoisotopic (exact) mass is 167 g/mol. The highest BCUT2D eigenvalue weighted by Gasteiger charge is 2.56. The molecule has 0 radical (unpaired) electrons. The largest absolute Gasteiger partial charge is 0.465 e. The average molecular weight is 167 g/mol. The lowest BCUT2D eigenvalue weighted by Gasteiger charge is -2.44. The molecule has 11 heavy (non-hydrogen) atoms. The molecule has 0 spiro atoms. The molecule has 0 aromatic rings. The smallest absolute Gasteiger partial charge is 0.408 e. The van der Waals surface area contributed by atoms with E-state index in [1.165, 1.54) is 0 Å². The Labute approximate surface area is 61.0 Å². The molecule has 1 amide bonds. The lowest BCUT2D eigenvalue weighted by Crippen LogP contribution is -2.67. The summed E-state index contributed by atoms with van der Waals surface area (Å²) in [6.07, 6.45) is -1.42. The zero-order valence-corrected chi connectivity index (χ0v) is 5.50. The van der Waals surface area contributed by atoms with Gasteiger partial charge in [-0.1, -0.05) is 0 Å². The molecule has 1 aliphatic rings. The van der Waals surface area contributed by atoms with Gasteiger partial charge in [-0.3, -0.25) is 4.90 Å². The first-order chi connectivity index (χ1) is 4.99. The van der Waals surface area contributed by atoms with Crippen LogP contribution in [-0.4, -0.2) is 46.3 Å². The third-order valence-corrected chi connectivity index (χ3v) is 1.66. The second-order valence-electron chi connectivity index (χ2n) is 2.37. The molecule has 1 heterocycles. The minimum Gasteiger partial charge on any atom is -0.465 e. The Morgan fingerprint density at radius 2 is 2.27 bits per heavy atom. The summed E-state index contributed by atoms with van der Waals surface area (Å²) in [7, 11) is 0. The number of amides is 1. The minimum absolute atomic E-state index is 0.514. The van der Waals surface area contributed by atoms with Crippen molar-refractivity contribution in [2.45, 2.75) is 12.0 Å². The summed E-state index contributed by atoms with van der Waals surface area (Å²) in [6, 6.07) is -1.56. The van der Waals surface area contributed by atoms with Gasteiger partial charge in [-0.2, -0.15) is 0 Å². The molecule has 0 aliphatic carbocycles. The fourth-order valence-electron chi connectivity index (χ4n) is 0.991. The molecule has 1 aliphatic heterocycles.